The van der Waals surface area contributed by atoms with Gasteiger partial charge in [0.05, 0.1) is 0 Å². The Bertz CT molecular complexity index is 263. The van der Waals surface area contributed by atoms with Crippen LogP contribution >= 0.6 is 0 Å². The van der Waals surface area contributed by atoms with E-state index >= 15 is 0 Å². The van der Waals surface area contributed by atoms with E-state index in [0.717, 1.165) is 39.0 Å². The summed E-state index contributed by atoms with van der Waals surface area (Å²) in [6.45, 7) is 7.99. The molecule has 3 N–H and O–H groups in total. The minimum absolute atomic E-state index is 0.1000. The second kappa shape index (κ2) is 8.51. The average Bonchev–Trinajstić information content (AvgIpc) is 2.40. The number of carbonyl (C=O) groups is 1. The number of hydrogen-bond donors (Lipinski definition) is 2. The molecule has 1 rings (SSSR count). The normalized spacial score (nSPS) is 18.9. The minimum Gasteiger partial charge on any atom is -0.375 e. The van der Waals surface area contributed by atoms with Crippen LogP contribution in [0.1, 0.15) is 26.7 Å². The van der Waals surface area contributed by atoms with E-state index in [4.69, 9.17) is 10.5 Å². The number of likely N-dealkylation sites (tertiary alicyclic amines) is 1. The van der Waals surface area contributed by atoms with Crippen molar-refractivity contribution < 1.29 is 9.53 Å². The second-order valence-electron chi connectivity index (χ2n) is 5.74. The molecule has 0 bridgehead atoms. The highest BCUT2D eigenvalue weighted by atomic mass is 16.5. The molecular formula is C14H29N3O2. The van der Waals surface area contributed by atoms with E-state index in [-0.39, 0.29) is 12.5 Å². The molecule has 1 amide bonds. The van der Waals surface area contributed by atoms with Gasteiger partial charge in [-0.25, -0.2) is 0 Å². The molecule has 0 aromatic carbocycles. The largest absolute Gasteiger partial charge is 0.375 e. The van der Waals surface area contributed by atoms with Crippen LogP contribution in [-0.2, 0) is 9.53 Å². The number of rotatable bonds is 7. The molecule has 0 saturated carbocycles. The third-order valence-corrected chi connectivity index (χ3v) is 4.03. The van der Waals surface area contributed by atoms with Crippen LogP contribution in [-0.4, -0.2) is 56.7 Å². The van der Waals surface area contributed by atoms with Gasteiger partial charge in [0.25, 0.3) is 0 Å². The van der Waals surface area contributed by atoms with Crippen molar-refractivity contribution in [3.8, 4) is 0 Å². The van der Waals surface area contributed by atoms with Gasteiger partial charge in [0, 0.05) is 26.2 Å². The van der Waals surface area contributed by atoms with E-state index in [1.54, 1.807) is 7.11 Å². The number of methoxy groups -OCH3 is 1. The molecule has 0 radical (unpaired) electrons. The number of nitrogens with two attached hydrogens (primary N) is 1. The van der Waals surface area contributed by atoms with Crippen molar-refractivity contribution >= 4 is 5.91 Å². The topological polar surface area (TPSA) is 67.6 Å². The standard InChI is InChI=1S/C14H29N3O2/c1-11(2)12(8-15)9-16-13-4-6-17(7-5-13)14(18)10-19-3/h11-13,16H,4-10,15H2,1-3H3. The molecule has 1 unspecified atom stereocenters. The van der Waals surface area contributed by atoms with Gasteiger partial charge in [0.15, 0.2) is 0 Å². The lowest BCUT2D eigenvalue weighted by atomic mass is 9.95. The van der Waals surface area contributed by atoms with Gasteiger partial charge in [-0.15, -0.1) is 0 Å². The number of nitrogens with one attached hydrogen (secondary N) is 1. The van der Waals surface area contributed by atoms with Crippen LogP contribution in [0.15, 0.2) is 0 Å². The first kappa shape index (κ1) is 16.4. The van der Waals surface area contributed by atoms with Gasteiger partial charge in [-0.05, 0) is 37.8 Å². The van der Waals surface area contributed by atoms with E-state index < -0.39 is 0 Å². The predicted octanol–water partition coefficient (Wildman–Crippen LogP) is 0.444. The Kier molecular flexibility index (Phi) is 7.34. The van der Waals surface area contributed by atoms with Gasteiger partial charge in [0.2, 0.25) is 5.91 Å². The Balaban J connectivity index is 2.25. The second-order valence-corrected chi connectivity index (χ2v) is 5.74. The molecule has 1 saturated heterocycles. The van der Waals surface area contributed by atoms with Gasteiger partial charge in [-0.3, -0.25) is 4.79 Å². The van der Waals surface area contributed by atoms with E-state index in [1.165, 1.54) is 0 Å². The van der Waals surface area contributed by atoms with Gasteiger partial charge < -0.3 is 20.7 Å². The Hall–Kier alpha value is -0.650. The number of carbonyl (C=O) groups excluding carboxylic acids is 1. The number of amides is 1. The first-order chi connectivity index (χ1) is 9.08. The quantitative estimate of drug-likeness (QED) is 0.705. The lowest BCUT2D eigenvalue weighted by Crippen LogP contribution is -2.47. The lowest BCUT2D eigenvalue weighted by Gasteiger charge is -2.33. The van der Waals surface area contributed by atoms with E-state index in [1.807, 2.05) is 4.90 Å². The van der Waals surface area contributed by atoms with Crippen molar-refractivity contribution in [2.45, 2.75) is 32.7 Å². The van der Waals surface area contributed by atoms with Gasteiger partial charge in [-0.2, -0.15) is 0 Å². The third-order valence-electron chi connectivity index (χ3n) is 4.03. The highest BCUT2D eigenvalue weighted by Crippen LogP contribution is 2.13. The van der Waals surface area contributed by atoms with Crippen LogP contribution in [0.5, 0.6) is 0 Å². The van der Waals surface area contributed by atoms with Crippen molar-refractivity contribution in [1.29, 1.82) is 0 Å². The first-order valence-electron chi connectivity index (χ1n) is 7.28. The van der Waals surface area contributed by atoms with Crippen molar-refractivity contribution in [3.63, 3.8) is 0 Å². The molecule has 112 valence electrons. The lowest BCUT2D eigenvalue weighted by molar-refractivity contribution is -0.136. The molecular weight excluding hydrogens is 242 g/mol. The van der Waals surface area contributed by atoms with Crippen LogP contribution in [0, 0.1) is 11.8 Å². The van der Waals surface area contributed by atoms with Crippen molar-refractivity contribution in [2.75, 3.05) is 39.9 Å². The number of piperidine rings is 1. The van der Waals surface area contributed by atoms with E-state index in [2.05, 4.69) is 19.2 Å². The maximum Gasteiger partial charge on any atom is 0.248 e. The molecule has 5 nitrogen and oxygen atoms in total. The fourth-order valence-corrected chi connectivity index (χ4v) is 2.46. The third kappa shape index (κ3) is 5.47. The summed E-state index contributed by atoms with van der Waals surface area (Å²) in [7, 11) is 1.56. The van der Waals surface area contributed by atoms with Crippen LogP contribution < -0.4 is 11.1 Å². The highest BCUT2D eigenvalue weighted by molar-refractivity contribution is 5.77. The molecule has 0 aromatic heterocycles. The molecule has 0 aromatic rings. The van der Waals surface area contributed by atoms with Crippen molar-refractivity contribution in [2.24, 2.45) is 17.6 Å². The monoisotopic (exact) mass is 271 g/mol. The Morgan fingerprint density at radius 2 is 2.05 bits per heavy atom. The van der Waals surface area contributed by atoms with Gasteiger partial charge in [0.1, 0.15) is 6.61 Å². The van der Waals surface area contributed by atoms with E-state index in [9.17, 15) is 4.79 Å². The Labute approximate surface area is 116 Å². The summed E-state index contributed by atoms with van der Waals surface area (Å²) in [6.07, 6.45) is 2.04. The molecule has 1 heterocycles. The summed E-state index contributed by atoms with van der Waals surface area (Å²) in [5.74, 6) is 1.25. The van der Waals surface area contributed by atoms with Crippen LogP contribution in [0.2, 0.25) is 0 Å². The summed E-state index contributed by atoms with van der Waals surface area (Å²) >= 11 is 0. The maximum absolute atomic E-state index is 11.7. The summed E-state index contributed by atoms with van der Waals surface area (Å²) < 4.78 is 4.88. The molecule has 1 aliphatic rings. The molecule has 1 aliphatic heterocycles. The molecule has 5 heteroatoms. The average molecular weight is 271 g/mol. The van der Waals surface area contributed by atoms with Gasteiger partial charge in [-0.1, -0.05) is 13.8 Å². The number of ether oxygens (including phenoxy) is 1. The number of nitrogens with zero attached hydrogens (tertiary/aromatic N) is 1. The molecule has 0 aliphatic carbocycles. The van der Waals surface area contributed by atoms with Crippen LogP contribution in [0.4, 0.5) is 0 Å². The molecule has 0 spiro atoms. The van der Waals surface area contributed by atoms with Crippen molar-refractivity contribution in [3.05, 3.63) is 0 Å². The SMILES string of the molecule is COCC(=O)N1CCC(NCC(CN)C(C)C)CC1. The summed E-state index contributed by atoms with van der Waals surface area (Å²) in [5, 5.41) is 3.60. The smallest absolute Gasteiger partial charge is 0.248 e. The predicted molar refractivity (Wildman–Crippen MR) is 76.9 cm³/mol. The van der Waals surface area contributed by atoms with Crippen LogP contribution in [0.3, 0.4) is 0 Å². The zero-order chi connectivity index (χ0) is 14.3. The molecule has 1 atom stereocenters. The first-order valence-corrected chi connectivity index (χ1v) is 7.28. The van der Waals surface area contributed by atoms with E-state index in [0.29, 0.717) is 17.9 Å². The minimum atomic E-state index is 0.1000. The molecule has 19 heavy (non-hydrogen) atoms. The van der Waals surface area contributed by atoms with Gasteiger partial charge >= 0.3 is 0 Å². The summed E-state index contributed by atoms with van der Waals surface area (Å²) in [6, 6.07) is 0.513. The number of hydrogen-bond acceptors (Lipinski definition) is 4. The summed E-state index contributed by atoms with van der Waals surface area (Å²) in [4.78, 5) is 13.6. The van der Waals surface area contributed by atoms with Crippen LogP contribution in [0.25, 0.3) is 0 Å². The Morgan fingerprint density at radius 3 is 2.53 bits per heavy atom. The highest BCUT2D eigenvalue weighted by Gasteiger charge is 2.23. The summed E-state index contributed by atoms with van der Waals surface area (Å²) in [5.41, 5.74) is 5.78. The zero-order valence-corrected chi connectivity index (χ0v) is 12.5. The zero-order valence-electron chi connectivity index (χ0n) is 12.5. The van der Waals surface area contributed by atoms with Crippen molar-refractivity contribution in [1.82, 2.24) is 10.2 Å². The fraction of sp³-hybridized carbons (Fsp3) is 0.929. The Morgan fingerprint density at radius 1 is 1.42 bits per heavy atom. The molecule has 1 fully saturated rings. The maximum atomic E-state index is 11.7. The fourth-order valence-electron chi connectivity index (χ4n) is 2.46.